The highest BCUT2D eigenvalue weighted by atomic mass is 16.4. The van der Waals surface area contributed by atoms with E-state index >= 15 is 0 Å². The Kier molecular flexibility index (Phi) is 5.09. The molecule has 0 amide bonds. The van der Waals surface area contributed by atoms with E-state index in [1.807, 2.05) is 18.9 Å². The maximum absolute atomic E-state index is 10.5. The van der Waals surface area contributed by atoms with Crippen LogP contribution in [0, 0.1) is 17.2 Å². The number of hydrogen-bond acceptors (Lipinski definition) is 3. The number of nitrogens with zero attached hydrogens (tertiary/aromatic N) is 2. The average molecular weight is 184 g/mol. The van der Waals surface area contributed by atoms with Gasteiger partial charge in [0.25, 0.3) is 0 Å². The SMILES string of the molecule is CC(CN(C)C(C)CC#N)C(=O)O. The van der Waals surface area contributed by atoms with Crippen LogP contribution in [0.1, 0.15) is 20.3 Å². The fraction of sp³-hybridized carbons (Fsp3) is 0.778. The molecule has 0 aromatic carbocycles. The van der Waals surface area contributed by atoms with Crippen LogP contribution in [0.4, 0.5) is 0 Å². The van der Waals surface area contributed by atoms with Gasteiger partial charge >= 0.3 is 5.97 Å². The van der Waals surface area contributed by atoms with Gasteiger partial charge in [-0.05, 0) is 14.0 Å². The Morgan fingerprint density at radius 1 is 1.62 bits per heavy atom. The molecule has 0 fully saturated rings. The predicted molar refractivity (Wildman–Crippen MR) is 49.1 cm³/mol. The maximum Gasteiger partial charge on any atom is 0.307 e. The zero-order valence-corrected chi connectivity index (χ0v) is 8.32. The fourth-order valence-electron chi connectivity index (χ4n) is 0.978. The van der Waals surface area contributed by atoms with Gasteiger partial charge in [0.2, 0.25) is 0 Å². The third-order valence-electron chi connectivity index (χ3n) is 2.12. The molecule has 0 rings (SSSR count). The quantitative estimate of drug-likeness (QED) is 0.690. The van der Waals surface area contributed by atoms with Crippen molar-refractivity contribution in [3.63, 3.8) is 0 Å². The summed E-state index contributed by atoms with van der Waals surface area (Å²) < 4.78 is 0. The Bertz CT molecular complexity index is 210. The van der Waals surface area contributed by atoms with Gasteiger partial charge in [0, 0.05) is 12.6 Å². The average Bonchev–Trinajstić information content (AvgIpc) is 2.04. The number of rotatable bonds is 5. The molecular weight excluding hydrogens is 168 g/mol. The van der Waals surface area contributed by atoms with E-state index in [1.54, 1.807) is 6.92 Å². The van der Waals surface area contributed by atoms with Crippen molar-refractivity contribution in [2.75, 3.05) is 13.6 Å². The van der Waals surface area contributed by atoms with Crippen LogP contribution in [0.2, 0.25) is 0 Å². The molecule has 0 bridgehead atoms. The van der Waals surface area contributed by atoms with Crippen LogP contribution in [0.15, 0.2) is 0 Å². The molecule has 13 heavy (non-hydrogen) atoms. The molecule has 0 aromatic rings. The standard InChI is InChI=1S/C9H16N2O2/c1-7(9(12)13)6-11(3)8(2)4-5-10/h7-8H,4,6H2,1-3H3,(H,12,13). The van der Waals surface area contributed by atoms with Crippen molar-refractivity contribution < 1.29 is 9.90 Å². The van der Waals surface area contributed by atoms with E-state index in [9.17, 15) is 4.79 Å². The van der Waals surface area contributed by atoms with Crippen molar-refractivity contribution in [3.8, 4) is 6.07 Å². The molecule has 4 heteroatoms. The number of carboxylic acids is 1. The van der Waals surface area contributed by atoms with Crippen LogP contribution in [-0.2, 0) is 4.79 Å². The van der Waals surface area contributed by atoms with Crippen molar-refractivity contribution in [2.24, 2.45) is 5.92 Å². The van der Waals surface area contributed by atoms with Crippen LogP contribution < -0.4 is 0 Å². The van der Waals surface area contributed by atoms with Crippen molar-refractivity contribution in [1.82, 2.24) is 4.90 Å². The first-order chi connectivity index (χ1) is 5.99. The molecule has 0 aliphatic rings. The Balaban J connectivity index is 3.93. The molecule has 0 saturated heterocycles. The van der Waals surface area contributed by atoms with Gasteiger partial charge < -0.3 is 10.0 Å². The summed E-state index contributed by atoms with van der Waals surface area (Å²) in [6.45, 7) is 4.06. The van der Waals surface area contributed by atoms with Crippen LogP contribution >= 0.6 is 0 Å². The van der Waals surface area contributed by atoms with Gasteiger partial charge in [0.1, 0.15) is 0 Å². The van der Waals surface area contributed by atoms with E-state index < -0.39 is 5.97 Å². The molecule has 0 aromatic heterocycles. The third kappa shape index (κ3) is 4.48. The lowest BCUT2D eigenvalue weighted by molar-refractivity contribution is -0.141. The molecule has 1 N–H and O–H groups in total. The van der Waals surface area contributed by atoms with E-state index in [0.717, 1.165) is 0 Å². The highest BCUT2D eigenvalue weighted by Crippen LogP contribution is 2.04. The first-order valence-electron chi connectivity index (χ1n) is 4.29. The monoisotopic (exact) mass is 184 g/mol. The van der Waals surface area contributed by atoms with Gasteiger partial charge in [-0.1, -0.05) is 6.92 Å². The van der Waals surface area contributed by atoms with E-state index in [-0.39, 0.29) is 12.0 Å². The molecule has 0 aliphatic heterocycles. The van der Waals surface area contributed by atoms with Gasteiger partial charge in [0.15, 0.2) is 0 Å². The Labute approximate surface area is 78.8 Å². The highest BCUT2D eigenvalue weighted by Gasteiger charge is 2.16. The minimum Gasteiger partial charge on any atom is -0.481 e. The molecule has 2 unspecified atom stereocenters. The first-order valence-corrected chi connectivity index (χ1v) is 4.29. The first kappa shape index (κ1) is 11.9. The highest BCUT2D eigenvalue weighted by molar-refractivity contribution is 5.69. The van der Waals surface area contributed by atoms with E-state index in [0.29, 0.717) is 13.0 Å². The molecule has 0 spiro atoms. The number of nitriles is 1. The van der Waals surface area contributed by atoms with Gasteiger partial charge in [-0.25, -0.2) is 0 Å². The molecule has 4 nitrogen and oxygen atoms in total. The Morgan fingerprint density at radius 2 is 2.15 bits per heavy atom. The maximum atomic E-state index is 10.5. The molecule has 2 atom stereocenters. The van der Waals surface area contributed by atoms with E-state index in [2.05, 4.69) is 6.07 Å². The van der Waals surface area contributed by atoms with Crippen molar-refractivity contribution in [1.29, 1.82) is 5.26 Å². The minimum absolute atomic E-state index is 0.117. The second-order valence-corrected chi connectivity index (χ2v) is 3.39. The second-order valence-electron chi connectivity index (χ2n) is 3.39. The smallest absolute Gasteiger partial charge is 0.307 e. The summed E-state index contributed by atoms with van der Waals surface area (Å²) in [6, 6.07) is 2.18. The van der Waals surface area contributed by atoms with Gasteiger partial charge in [0.05, 0.1) is 18.4 Å². The Hall–Kier alpha value is -1.08. The largest absolute Gasteiger partial charge is 0.481 e. The lowest BCUT2D eigenvalue weighted by Crippen LogP contribution is -2.35. The number of aliphatic carboxylic acids is 1. The van der Waals surface area contributed by atoms with Crippen molar-refractivity contribution in [2.45, 2.75) is 26.3 Å². The lowest BCUT2D eigenvalue weighted by atomic mass is 10.1. The predicted octanol–water partition coefficient (Wildman–Crippen LogP) is 0.941. The third-order valence-corrected chi connectivity index (χ3v) is 2.12. The van der Waals surface area contributed by atoms with Gasteiger partial charge in [-0.3, -0.25) is 4.79 Å². The summed E-state index contributed by atoms with van der Waals surface area (Å²) in [5, 5.41) is 17.1. The summed E-state index contributed by atoms with van der Waals surface area (Å²) in [6.07, 6.45) is 0.433. The zero-order chi connectivity index (χ0) is 10.4. The van der Waals surface area contributed by atoms with Crippen LogP contribution in [0.25, 0.3) is 0 Å². The lowest BCUT2D eigenvalue weighted by Gasteiger charge is -2.24. The summed E-state index contributed by atoms with van der Waals surface area (Å²) in [4.78, 5) is 12.4. The summed E-state index contributed by atoms with van der Waals surface area (Å²) >= 11 is 0. The van der Waals surface area contributed by atoms with Crippen LogP contribution in [-0.4, -0.2) is 35.6 Å². The zero-order valence-electron chi connectivity index (χ0n) is 8.32. The molecule has 0 aliphatic carbocycles. The molecule has 74 valence electrons. The molecule has 0 heterocycles. The number of hydrogen-bond donors (Lipinski definition) is 1. The number of carbonyl (C=O) groups is 1. The molecule has 0 saturated carbocycles. The van der Waals surface area contributed by atoms with E-state index in [1.165, 1.54) is 0 Å². The summed E-state index contributed by atoms with van der Waals surface area (Å²) in [7, 11) is 1.83. The van der Waals surface area contributed by atoms with Gasteiger partial charge in [-0.2, -0.15) is 5.26 Å². The minimum atomic E-state index is -0.795. The second kappa shape index (κ2) is 5.55. The normalized spacial score (nSPS) is 15.0. The summed E-state index contributed by atoms with van der Waals surface area (Å²) in [5.74, 6) is -1.18. The summed E-state index contributed by atoms with van der Waals surface area (Å²) in [5.41, 5.74) is 0. The Morgan fingerprint density at radius 3 is 2.54 bits per heavy atom. The van der Waals surface area contributed by atoms with E-state index in [4.69, 9.17) is 10.4 Å². The van der Waals surface area contributed by atoms with Gasteiger partial charge in [-0.15, -0.1) is 0 Å². The van der Waals surface area contributed by atoms with Crippen LogP contribution in [0.5, 0.6) is 0 Å². The number of carboxylic acid groups (broad SMARTS) is 1. The van der Waals surface area contributed by atoms with Crippen molar-refractivity contribution >= 4 is 5.97 Å². The van der Waals surface area contributed by atoms with Crippen LogP contribution in [0.3, 0.4) is 0 Å². The molecular formula is C9H16N2O2. The topological polar surface area (TPSA) is 64.3 Å². The van der Waals surface area contributed by atoms with Crippen molar-refractivity contribution in [3.05, 3.63) is 0 Å². The fourth-order valence-corrected chi connectivity index (χ4v) is 0.978. The molecule has 0 radical (unpaired) electrons.